The molecule has 0 unspecified atom stereocenters. The van der Waals surface area contributed by atoms with Gasteiger partial charge in [0.2, 0.25) is 0 Å². The fraction of sp³-hybridized carbons (Fsp3) is 0.600. The molecule has 2 heterocycles. The summed E-state index contributed by atoms with van der Waals surface area (Å²) in [4.78, 5) is 4.65. The number of hydrogen-bond acceptors (Lipinski definition) is 5. The number of methoxy groups -OCH3 is 1. The monoisotopic (exact) mass is 326 g/mol. The van der Waals surface area contributed by atoms with Crippen molar-refractivity contribution in [3.05, 3.63) is 16.3 Å². The van der Waals surface area contributed by atoms with Crippen LogP contribution in [0.2, 0.25) is 5.02 Å². The summed E-state index contributed by atoms with van der Waals surface area (Å²) in [7, 11) is 3.54. The molecular formula is C15H23ClN4O2. The summed E-state index contributed by atoms with van der Waals surface area (Å²) >= 11 is 6.48. The molecule has 0 atom stereocenters. The van der Waals surface area contributed by atoms with Gasteiger partial charge in [-0.25, -0.2) is 4.98 Å². The molecule has 0 radical (unpaired) electrons. The largest absolute Gasteiger partial charge is 0.382 e. The molecule has 2 rings (SSSR count). The lowest BCUT2D eigenvalue weighted by Gasteiger charge is -2.11. The molecule has 0 amide bonds. The predicted molar refractivity (Wildman–Crippen MR) is 88.8 cm³/mol. The summed E-state index contributed by atoms with van der Waals surface area (Å²) in [6, 6.07) is 0. The Morgan fingerprint density at radius 1 is 1.23 bits per heavy atom. The van der Waals surface area contributed by atoms with Crippen LogP contribution in [0.5, 0.6) is 0 Å². The highest BCUT2D eigenvalue weighted by molar-refractivity contribution is 6.36. The first kappa shape index (κ1) is 17.0. The third-order valence-electron chi connectivity index (χ3n) is 3.50. The number of fused-ring (bicyclic) bond motifs is 1. The quantitative estimate of drug-likeness (QED) is 0.756. The van der Waals surface area contributed by atoms with E-state index in [0.29, 0.717) is 19.8 Å². The molecular weight excluding hydrogens is 304 g/mol. The van der Waals surface area contributed by atoms with Gasteiger partial charge in [-0.2, -0.15) is 5.10 Å². The first-order valence-corrected chi connectivity index (χ1v) is 7.74. The van der Waals surface area contributed by atoms with Gasteiger partial charge >= 0.3 is 0 Å². The molecule has 2 aromatic rings. The van der Waals surface area contributed by atoms with Gasteiger partial charge < -0.3 is 14.8 Å². The third kappa shape index (κ3) is 3.69. The van der Waals surface area contributed by atoms with E-state index in [-0.39, 0.29) is 0 Å². The van der Waals surface area contributed by atoms with Crippen molar-refractivity contribution in [2.75, 3.05) is 38.8 Å². The highest BCUT2D eigenvalue weighted by atomic mass is 35.5. The van der Waals surface area contributed by atoms with Gasteiger partial charge in [-0.1, -0.05) is 11.6 Å². The minimum atomic E-state index is 0.625. The molecule has 1 N–H and O–H groups in total. The summed E-state index contributed by atoms with van der Waals surface area (Å²) in [5.41, 5.74) is 2.65. The average molecular weight is 327 g/mol. The smallest absolute Gasteiger partial charge is 0.161 e. The zero-order valence-corrected chi connectivity index (χ0v) is 14.3. The molecule has 0 saturated heterocycles. The van der Waals surface area contributed by atoms with Crippen molar-refractivity contribution in [2.45, 2.75) is 20.3 Å². The molecule has 0 aromatic carbocycles. The number of nitrogens with one attached hydrogen (secondary N) is 1. The predicted octanol–water partition coefficient (Wildman–Crippen LogP) is 2.70. The Morgan fingerprint density at radius 2 is 2.00 bits per heavy atom. The van der Waals surface area contributed by atoms with Crippen LogP contribution in [0.25, 0.3) is 11.0 Å². The highest BCUT2D eigenvalue weighted by Crippen LogP contribution is 2.31. The Labute approximate surface area is 135 Å². The molecule has 6 nitrogen and oxygen atoms in total. The maximum absolute atomic E-state index is 6.48. The second-order valence-electron chi connectivity index (χ2n) is 5.19. The Hall–Kier alpha value is -1.37. The maximum Gasteiger partial charge on any atom is 0.161 e. The van der Waals surface area contributed by atoms with E-state index in [9.17, 15) is 0 Å². The average Bonchev–Trinajstić information content (AvgIpc) is 2.77. The van der Waals surface area contributed by atoms with E-state index < -0.39 is 0 Å². The van der Waals surface area contributed by atoms with E-state index in [0.717, 1.165) is 46.1 Å². The van der Waals surface area contributed by atoms with Gasteiger partial charge in [0, 0.05) is 32.9 Å². The standard InChI is InChI=1S/C15H23ClN4O2/c1-10-13(16)12-11(2)19-20(3)15(12)18-14(10)17-6-5-7-22-9-8-21-4/h5-9H2,1-4H3,(H,17,18). The zero-order chi connectivity index (χ0) is 16.1. The number of rotatable bonds is 8. The van der Waals surface area contributed by atoms with Crippen LogP contribution in [0.15, 0.2) is 0 Å². The first-order chi connectivity index (χ1) is 10.6. The minimum Gasteiger partial charge on any atom is -0.382 e. The molecule has 0 bridgehead atoms. The number of nitrogens with zero attached hydrogens (tertiary/aromatic N) is 3. The lowest BCUT2D eigenvalue weighted by atomic mass is 10.2. The van der Waals surface area contributed by atoms with Gasteiger partial charge in [0.25, 0.3) is 0 Å². The van der Waals surface area contributed by atoms with Crippen LogP contribution in [0.4, 0.5) is 5.82 Å². The molecule has 0 aliphatic heterocycles. The van der Waals surface area contributed by atoms with Crippen molar-refractivity contribution >= 4 is 28.5 Å². The number of pyridine rings is 1. The summed E-state index contributed by atoms with van der Waals surface area (Å²) in [5, 5.41) is 9.35. The summed E-state index contributed by atoms with van der Waals surface area (Å²) in [6.45, 7) is 6.63. The van der Waals surface area contributed by atoms with Gasteiger partial charge in [-0.15, -0.1) is 0 Å². The number of hydrogen-bond donors (Lipinski definition) is 1. The van der Waals surface area contributed by atoms with Gasteiger partial charge in [0.1, 0.15) is 5.82 Å². The molecule has 2 aromatic heterocycles. The van der Waals surface area contributed by atoms with Crippen molar-refractivity contribution < 1.29 is 9.47 Å². The van der Waals surface area contributed by atoms with E-state index in [1.165, 1.54) is 0 Å². The van der Waals surface area contributed by atoms with Crippen molar-refractivity contribution in [1.82, 2.24) is 14.8 Å². The number of aromatic nitrogens is 3. The summed E-state index contributed by atoms with van der Waals surface area (Å²) in [5.74, 6) is 0.803. The molecule has 0 aliphatic carbocycles. The number of anilines is 1. The van der Waals surface area contributed by atoms with Crippen LogP contribution in [0.1, 0.15) is 17.7 Å². The van der Waals surface area contributed by atoms with Gasteiger partial charge in [0.05, 0.1) is 29.3 Å². The Morgan fingerprint density at radius 3 is 2.73 bits per heavy atom. The zero-order valence-electron chi connectivity index (χ0n) is 13.6. The first-order valence-electron chi connectivity index (χ1n) is 7.36. The minimum absolute atomic E-state index is 0.625. The molecule has 0 aliphatic rings. The molecule has 7 heteroatoms. The summed E-state index contributed by atoms with van der Waals surface area (Å²) in [6.07, 6.45) is 0.894. The lowest BCUT2D eigenvalue weighted by Crippen LogP contribution is -2.10. The fourth-order valence-electron chi connectivity index (χ4n) is 2.31. The van der Waals surface area contributed by atoms with Gasteiger partial charge in [0.15, 0.2) is 5.65 Å². The van der Waals surface area contributed by atoms with E-state index >= 15 is 0 Å². The normalized spacial score (nSPS) is 11.3. The van der Waals surface area contributed by atoms with Crippen molar-refractivity contribution in [3.63, 3.8) is 0 Å². The highest BCUT2D eigenvalue weighted by Gasteiger charge is 2.15. The van der Waals surface area contributed by atoms with Crippen LogP contribution >= 0.6 is 11.6 Å². The molecule has 122 valence electrons. The van der Waals surface area contributed by atoms with E-state index in [4.69, 9.17) is 21.1 Å². The topological polar surface area (TPSA) is 61.2 Å². The van der Waals surface area contributed by atoms with E-state index in [2.05, 4.69) is 15.4 Å². The second-order valence-corrected chi connectivity index (χ2v) is 5.57. The SMILES string of the molecule is COCCOCCCNc1nc2c(c(C)nn2C)c(Cl)c1C. The Bertz CT molecular complexity index is 642. The van der Waals surface area contributed by atoms with Crippen LogP contribution < -0.4 is 5.32 Å². The number of ether oxygens (including phenoxy) is 2. The fourth-order valence-corrected chi connectivity index (χ4v) is 2.62. The van der Waals surface area contributed by atoms with Crippen LogP contribution in [-0.4, -0.2) is 48.2 Å². The Balaban J connectivity index is 2.00. The molecule has 0 saturated carbocycles. The summed E-state index contributed by atoms with van der Waals surface area (Å²) < 4.78 is 12.1. The molecule has 0 spiro atoms. The van der Waals surface area contributed by atoms with Crippen molar-refractivity contribution in [2.24, 2.45) is 7.05 Å². The van der Waals surface area contributed by atoms with Crippen molar-refractivity contribution in [1.29, 1.82) is 0 Å². The van der Waals surface area contributed by atoms with Crippen LogP contribution in [0.3, 0.4) is 0 Å². The molecule has 22 heavy (non-hydrogen) atoms. The second kappa shape index (κ2) is 7.76. The van der Waals surface area contributed by atoms with Crippen LogP contribution in [-0.2, 0) is 16.5 Å². The molecule has 0 fully saturated rings. The number of halogens is 1. The van der Waals surface area contributed by atoms with E-state index in [1.807, 2.05) is 20.9 Å². The third-order valence-corrected chi connectivity index (χ3v) is 3.98. The lowest BCUT2D eigenvalue weighted by molar-refractivity contribution is 0.0705. The van der Waals surface area contributed by atoms with Crippen molar-refractivity contribution in [3.8, 4) is 0 Å². The maximum atomic E-state index is 6.48. The van der Waals surface area contributed by atoms with Gasteiger partial charge in [-0.05, 0) is 20.3 Å². The Kier molecular flexibility index (Phi) is 5.99. The van der Waals surface area contributed by atoms with Gasteiger partial charge in [-0.3, -0.25) is 4.68 Å². The van der Waals surface area contributed by atoms with Crippen LogP contribution in [0, 0.1) is 13.8 Å². The van der Waals surface area contributed by atoms with E-state index in [1.54, 1.807) is 11.8 Å². The number of aryl methyl sites for hydroxylation is 2.